The van der Waals surface area contributed by atoms with Gasteiger partial charge in [0.25, 0.3) is 10.0 Å². The van der Waals surface area contributed by atoms with E-state index in [1.807, 2.05) is 0 Å². The van der Waals surface area contributed by atoms with Gasteiger partial charge in [0.1, 0.15) is 0 Å². The molecule has 4 saturated carbocycles. The maximum absolute atomic E-state index is 13.8. The van der Waals surface area contributed by atoms with Crippen LogP contribution in [0.15, 0.2) is 71.9 Å². The van der Waals surface area contributed by atoms with Gasteiger partial charge in [-0.1, -0.05) is 29.8 Å². The SMILES string of the molecule is Cc1ccc(C23CC4CC(CC(C(=O)Nc5ccc(S(=O)(=O)Nc6ncccn6)cc5)(C4)C2)C3)cc1. The van der Waals surface area contributed by atoms with Gasteiger partial charge in [-0.3, -0.25) is 4.79 Å². The van der Waals surface area contributed by atoms with E-state index in [1.54, 1.807) is 18.2 Å². The van der Waals surface area contributed by atoms with Crippen molar-refractivity contribution in [1.29, 1.82) is 0 Å². The minimum absolute atomic E-state index is 0.0131. The minimum atomic E-state index is -3.82. The van der Waals surface area contributed by atoms with Gasteiger partial charge < -0.3 is 5.32 Å². The number of nitrogens with one attached hydrogen (secondary N) is 2. The fourth-order valence-corrected chi connectivity index (χ4v) is 8.24. The summed E-state index contributed by atoms with van der Waals surface area (Å²) in [6.07, 6.45) is 9.28. The summed E-state index contributed by atoms with van der Waals surface area (Å²) in [5.41, 5.74) is 2.95. The molecule has 8 heteroatoms. The number of anilines is 2. The zero-order chi connectivity index (χ0) is 25.0. The molecule has 4 aliphatic carbocycles. The molecular formula is C28H30N4O3S. The maximum atomic E-state index is 13.8. The van der Waals surface area contributed by atoms with Gasteiger partial charge in [-0.25, -0.2) is 23.1 Å². The molecule has 0 aliphatic heterocycles. The Labute approximate surface area is 211 Å². The lowest BCUT2D eigenvalue weighted by Crippen LogP contribution is -2.57. The number of benzene rings is 2. The van der Waals surface area contributed by atoms with Gasteiger partial charge in [0.15, 0.2) is 0 Å². The number of carbonyl (C=O) groups is 1. The Morgan fingerprint density at radius 3 is 2.19 bits per heavy atom. The van der Waals surface area contributed by atoms with E-state index in [4.69, 9.17) is 0 Å². The average Bonchev–Trinajstić information content (AvgIpc) is 2.84. The first-order valence-electron chi connectivity index (χ1n) is 12.5. The quantitative estimate of drug-likeness (QED) is 0.491. The van der Waals surface area contributed by atoms with Gasteiger partial charge in [-0.05, 0) is 98.6 Å². The van der Waals surface area contributed by atoms with Crippen molar-refractivity contribution in [2.75, 3.05) is 10.0 Å². The Hall–Kier alpha value is -3.26. The highest BCUT2D eigenvalue weighted by molar-refractivity contribution is 7.92. The highest BCUT2D eigenvalue weighted by Crippen LogP contribution is 2.66. The molecule has 1 amide bonds. The van der Waals surface area contributed by atoms with Crippen molar-refractivity contribution in [1.82, 2.24) is 9.97 Å². The Morgan fingerprint density at radius 1 is 0.917 bits per heavy atom. The van der Waals surface area contributed by atoms with Crippen LogP contribution < -0.4 is 10.0 Å². The van der Waals surface area contributed by atoms with Crippen LogP contribution in [0.5, 0.6) is 0 Å². The first-order chi connectivity index (χ1) is 17.3. The monoisotopic (exact) mass is 502 g/mol. The van der Waals surface area contributed by atoms with Gasteiger partial charge in [-0.2, -0.15) is 0 Å². The van der Waals surface area contributed by atoms with Crippen molar-refractivity contribution >= 4 is 27.6 Å². The van der Waals surface area contributed by atoms with Crippen molar-refractivity contribution in [3.63, 3.8) is 0 Å². The fourth-order valence-electron chi connectivity index (χ4n) is 7.29. The predicted molar refractivity (Wildman–Crippen MR) is 138 cm³/mol. The molecular weight excluding hydrogens is 472 g/mol. The van der Waals surface area contributed by atoms with Gasteiger partial charge >= 0.3 is 0 Å². The number of rotatable bonds is 6. The van der Waals surface area contributed by atoms with Crippen molar-refractivity contribution in [2.24, 2.45) is 17.3 Å². The molecule has 3 aromatic rings. The molecule has 2 unspecified atom stereocenters. The van der Waals surface area contributed by atoms with Crippen molar-refractivity contribution in [2.45, 2.75) is 55.8 Å². The molecule has 2 aromatic carbocycles. The summed E-state index contributed by atoms with van der Waals surface area (Å²) in [4.78, 5) is 21.7. The lowest BCUT2D eigenvalue weighted by atomic mass is 9.42. The van der Waals surface area contributed by atoms with E-state index in [2.05, 4.69) is 51.2 Å². The van der Waals surface area contributed by atoms with Crippen LogP contribution in [0.3, 0.4) is 0 Å². The number of aryl methyl sites for hydroxylation is 1. The van der Waals surface area contributed by atoms with Crippen molar-refractivity contribution < 1.29 is 13.2 Å². The van der Waals surface area contributed by atoms with E-state index in [0.29, 0.717) is 17.5 Å². The molecule has 186 valence electrons. The number of nitrogens with zero attached hydrogens (tertiary/aromatic N) is 2. The molecule has 4 aliphatic rings. The second-order valence-electron chi connectivity index (χ2n) is 11.0. The number of hydrogen-bond donors (Lipinski definition) is 2. The summed E-state index contributed by atoms with van der Waals surface area (Å²) >= 11 is 0. The van der Waals surface area contributed by atoms with Crippen LogP contribution in [0, 0.1) is 24.2 Å². The number of amides is 1. The standard InChI is InChI=1S/C28H30N4O3S/c1-19-3-5-22(6-4-19)27-14-20-13-21(15-27)17-28(16-20,18-27)25(33)31-23-7-9-24(10-8-23)36(34,35)32-26-29-11-2-12-30-26/h2-12,20-21H,13-18H2,1H3,(H,31,33)(H,29,30,32). The number of aromatic nitrogens is 2. The Kier molecular flexibility index (Phi) is 5.41. The summed E-state index contributed by atoms with van der Waals surface area (Å²) < 4.78 is 27.7. The van der Waals surface area contributed by atoms with Crippen molar-refractivity contribution in [3.8, 4) is 0 Å². The van der Waals surface area contributed by atoms with Gasteiger partial charge in [0.2, 0.25) is 11.9 Å². The lowest BCUT2D eigenvalue weighted by molar-refractivity contribution is -0.143. The van der Waals surface area contributed by atoms with E-state index in [0.717, 1.165) is 19.3 Å². The molecule has 7 rings (SSSR count). The van der Waals surface area contributed by atoms with Gasteiger partial charge in [0, 0.05) is 18.1 Å². The second kappa shape index (κ2) is 8.40. The van der Waals surface area contributed by atoms with Crippen LogP contribution in [0.1, 0.15) is 49.7 Å². The third-order valence-corrected chi connectivity index (χ3v) is 9.76. The number of carbonyl (C=O) groups excluding carboxylic acids is 1. The topological polar surface area (TPSA) is 101 Å². The van der Waals surface area contributed by atoms with Crippen LogP contribution in [-0.2, 0) is 20.2 Å². The Balaban J connectivity index is 1.21. The zero-order valence-electron chi connectivity index (χ0n) is 20.3. The van der Waals surface area contributed by atoms with Crippen LogP contribution in [0.25, 0.3) is 0 Å². The minimum Gasteiger partial charge on any atom is -0.326 e. The molecule has 36 heavy (non-hydrogen) atoms. The molecule has 0 radical (unpaired) electrons. The highest BCUT2D eigenvalue weighted by Gasteiger charge is 2.60. The smallest absolute Gasteiger partial charge is 0.264 e. The zero-order valence-corrected chi connectivity index (χ0v) is 21.1. The van der Waals surface area contributed by atoms with Crippen LogP contribution >= 0.6 is 0 Å². The van der Waals surface area contributed by atoms with E-state index in [-0.39, 0.29) is 27.6 Å². The molecule has 2 N–H and O–H groups in total. The fraction of sp³-hybridized carbons (Fsp3) is 0.393. The molecule has 0 saturated heterocycles. The molecule has 4 fully saturated rings. The first-order valence-corrected chi connectivity index (χ1v) is 14.0. The van der Waals surface area contributed by atoms with E-state index in [9.17, 15) is 13.2 Å². The third kappa shape index (κ3) is 4.07. The molecule has 0 spiro atoms. The number of sulfonamides is 1. The van der Waals surface area contributed by atoms with Gasteiger partial charge in [0.05, 0.1) is 10.3 Å². The second-order valence-corrected chi connectivity index (χ2v) is 12.7. The maximum Gasteiger partial charge on any atom is 0.264 e. The summed E-state index contributed by atoms with van der Waals surface area (Å²) in [6.45, 7) is 2.11. The molecule has 1 heterocycles. The Morgan fingerprint density at radius 2 is 1.56 bits per heavy atom. The summed E-state index contributed by atoms with van der Waals surface area (Å²) in [5, 5.41) is 3.13. The lowest BCUT2D eigenvalue weighted by Gasteiger charge is -2.61. The van der Waals surface area contributed by atoms with Crippen LogP contribution in [-0.4, -0.2) is 24.3 Å². The van der Waals surface area contributed by atoms with E-state index < -0.39 is 10.0 Å². The van der Waals surface area contributed by atoms with Crippen molar-refractivity contribution in [3.05, 3.63) is 78.1 Å². The van der Waals surface area contributed by atoms with Gasteiger partial charge in [-0.15, -0.1) is 0 Å². The van der Waals surface area contributed by atoms with E-state index >= 15 is 0 Å². The van der Waals surface area contributed by atoms with Crippen LogP contribution in [0.2, 0.25) is 0 Å². The highest BCUT2D eigenvalue weighted by atomic mass is 32.2. The molecule has 1 aromatic heterocycles. The van der Waals surface area contributed by atoms with E-state index in [1.165, 1.54) is 54.9 Å². The first kappa shape index (κ1) is 23.2. The summed E-state index contributed by atoms with van der Waals surface area (Å²) in [6, 6.07) is 16.8. The summed E-state index contributed by atoms with van der Waals surface area (Å²) in [7, 11) is -3.82. The largest absolute Gasteiger partial charge is 0.326 e. The van der Waals surface area contributed by atoms with Crippen LogP contribution in [0.4, 0.5) is 11.6 Å². The third-order valence-electron chi connectivity index (χ3n) is 8.42. The normalized spacial score (nSPS) is 28.6. The number of hydrogen-bond acceptors (Lipinski definition) is 5. The molecule has 7 nitrogen and oxygen atoms in total. The molecule has 2 atom stereocenters. The predicted octanol–water partition coefficient (Wildman–Crippen LogP) is 5.06. The Bertz CT molecular complexity index is 1370. The molecule has 4 bridgehead atoms. The average molecular weight is 503 g/mol. The summed E-state index contributed by atoms with van der Waals surface area (Å²) in [5.74, 6) is 1.24.